The minimum absolute atomic E-state index is 0.0166. The smallest absolute Gasteiger partial charge is 0.236 e. The zero-order valence-corrected chi connectivity index (χ0v) is 11.9. The Hall–Kier alpha value is -2.14. The molecule has 1 atom stereocenters. The van der Waals surface area contributed by atoms with Crippen molar-refractivity contribution in [3.63, 3.8) is 0 Å². The maximum atomic E-state index is 13.5. The van der Waals surface area contributed by atoms with Crippen LogP contribution < -0.4 is 10.1 Å². The van der Waals surface area contributed by atoms with Gasteiger partial charge in [0.1, 0.15) is 5.82 Å². The number of carbonyl (C=O) groups is 1. The van der Waals surface area contributed by atoms with Crippen LogP contribution in [0, 0.1) is 5.82 Å². The fourth-order valence-electron chi connectivity index (χ4n) is 2.44. The van der Waals surface area contributed by atoms with Gasteiger partial charge in [0.15, 0.2) is 0 Å². The number of hydrogen-bond donors (Lipinski definition) is 1. The summed E-state index contributed by atoms with van der Waals surface area (Å²) in [5.74, 6) is -1.02. The third-order valence-corrected chi connectivity index (χ3v) is 3.61. The van der Waals surface area contributed by atoms with Crippen molar-refractivity contribution in [1.29, 1.82) is 0 Å². The number of ether oxygens (including phenoxy) is 1. The molecule has 0 saturated heterocycles. The van der Waals surface area contributed by atoms with Gasteiger partial charge in [-0.2, -0.15) is 0 Å². The number of amides is 1. The van der Waals surface area contributed by atoms with E-state index >= 15 is 0 Å². The molecule has 1 aliphatic heterocycles. The molecule has 1 amide bonds. The zero-order valence-electron chi connectivity index (χ0n) is 11.2. The van der Waals surface area contributed by atoms with Crippen molar-refractivity contribution in [3.05, 3.63) is 52.4 Å². The molecule has 0 aliphatic carbocycles. The number of pyridine rings is 1. The first-order valence-corrected chi connectivity index (χ1v) is 6.87. The van der Waals surface area contributed by atoms with Gasteiger partial charge >= 0.3 is 0 Å². The molecule has 1 aliphatic rings. The monoisotopic (exact) mass is 306 g/mol. The second-order valence-corrected chi connectivity index (χ2v) is 5.01. The van der Waals surface area contributed by atoms with Crippen LogP contribution in [-0.4, -0.2) is 17.5 Å². The molecule has 0 bridgehead atoms. The number of halogens is 2. The molecule has 4 nitrogen and oxygen atoms in total. The van der Waals surface area contributed by atoms with Crippen molar-refractivity contribution in [2.45, 2.75) is 12.8 Å². The number of fused-ring (bicyclic) bond motifs is 1. The standard InChI is InChI=1S/C15H12ClFN2O2/c1-2-21-15-8(4-3-5-18-15)13-9-6-10(16)11(17)7-12(9)19-14(13)20/h3-7,13H,2H2,1H3,(H,19,20). The molecule has 0 fully saturated rings. The number of nitrogens with one attached hydrogen (secondary N) is 1. The summed E-state index contributed by atoms with van der Waals surface area (Å²) in [6, 6.07) is 6.20. The van der Waals surface area contributed by atoms with E-state index in [0.29, 0.717) is 29.3 Å². The number of aromatic nitrogens is 1. The number of carbonyl (C=O) groups excluding carboxylic acids is 1. The number of rotatable bonds is 3. The van der Waals surface area contributed by atoms with Crippen LogP contribution in [0.4, 0.5) is 10.1 Å². The minimum Gasteiger partial charge on any atom is -0.478 e. The van der Waals surface area contributed by atoms with Crippen molar-refractivity contribution in [2.75, 3.05) is 11.9 Å². The van der Waals surface area contributed by atoms with Crippen molar-refractivity contribution < 1.29 is 13.9 Å². The Labute approximate surface area is 125 Å². The molecule has 0 radical (unpaired) electrons. The molecule has 108 valence electrons. The summed E-state index contributed by atoms with van der Waals surface area (Å²) >= 11 is 5.83. The normalized spacial score (nSPS) is 16.5. The first-order chi connectivity index (χ1) is 10.1. The summed E-state index contributed by atoms with van der Waals surface area (Å²) in [6.45, 7) is 2.28. The highest BCUT2D eigenvalue weighted by Crippen LogP contribution is 2.41. The van der Waals surface area contributed by atoms with Crippen molar-refractivity contribution in [1.82, 2.24) is 4.98 Å². The van der Waals surface area contributed by atoms with Gasteiger partial charge in [0.2, 0.25) is 11.8 Å². The highest BCUT2D eigenvalue weighted by Gasteiger charge is 2.35. The Morgan fingerprint density at radius 2 is 2.24 bits per heavy atom. The first-order valence-electron chi connectivity index (χ1n) is 6.49. The Bertz CT molecular complexity index is 721. The molecular weight excluding hydrogens is 295 g/mol. The lowest BCUT2D eigenvalue weighted by atomic mass is 9.93. The van der Waals surface area contributed by atoms with Crippen LogP contribution in [0.1, 0.15) is 24.0 Å². The highest BCUT2D eigenvalue weighted by molar-refractivity contribution is 6.31. The van der Waals surface area contributed by atoms with Gasteiger partial charge in [-0.15, -0.1) is 0 Å². The topological polar surface area (TPSA) is 51.2 Å². The Kier molecular flexibility index (Phi) is 3.51. The molecule has 2 heterocycles. The molecule has 1 aromatic carbocycles. The van der Waals surface area contributed by atoms with E-state index in [1.807, 2.05) is 6.92 Å². The van der Waals surface area contributed by atoms with Crippen LogP contribution in [0.3, 0.4) is 0 Å². The maximum absolute atomic E-state index is 13.5. The predicted octanol–water partition coefficient (Wildman–Crippen LogP) is 3.36. The highest BCUT2D eigenvalue weighted by atomic mass is 35.5. The third-order valence-electron chi connectivity index (χ3n) is 3.32. The third kappa shape index (κ3) is 2.34. The quantitative estimate of drug-likeness (QED) is 0.946. The lowest BCUT2D eigenvalue weighted by molar-refractivity contribution is -0.116. The van der Waals surface area contributed by atoms with Crippen LogP contribution in [0.15, 0.2) is 30.5 Å². The summed E-state index contributed by atoms with van der Waals surface area (Å²) in [6.07, 6.45) is 1.60. The molecule has 3 rings (SSSR count). The molecule has 0 saturated carbocycles. The minimum atomic E-state index is -0.603. The predicted molar refractivity (Wildman–Crippen MR) is 77.3 cm³/mol. The Balaban J connectivity index is 2.13. The van der Waals surface area contributed by atoms with E-state index < -0.39 is 11.7 Å². The number of anilines is 1. The first kappa shape index (κ1) is 13.8. The van der Waals surface area contributed by atoms with Crippen LogP contribution in [-0.2, 0) is 4.79 Å². The molecule has 1 aromatic heterocycles. The van der Waals surface area contributed by atoms with Crippen molar-refractivity contribution >= 4 is 23.2 Å². The average molecular weight is 307 g/mol. The Morgan fingerprint density at radius 1 is 1.43 bits per heavy atom. The van der Waals surface area contributed by atoms with Gasteiger partial charge in [-0.25, -0.2) is 9.37 Å². The SMILES string of the molecule is CCOc1ncccc1C1C(=O)Nc2cc(F)c(Cl)cc21. The molecule has 2 aromatic rings. The molecule has 21 heavy (non-hydrogen) atoms. The van der Waals surface area contributed by atoms with Gasteiger partial charge < -0.3 is 10.1 Å². The molecule has 1 unspecified atom stereocenters. The Morgan fingerprint density at radius 3 is 3.00 bits per heavy atom. The second-order valence-electron chi connectivity index (χ2n) is 4.61. The summed E-state index contributed by atoms with van der Waals surface area (Å²) in [5.41, 5.74) is 1.69. The van der Waals surface area contributed by atoms with Crippen LogP contribution >= 0.6 is 11.6 Å². The van der Waals surface area contributed by atoms with Gasteiger partial charge in [0.05, 0.1) is 17.5 Å². The van der Waals surface area contributed by atoms with E-state index in [0.717, 1.165) is 0 Å². The fraction of sp³-hybridized carbons (Fsp3) is 0.200. The number of benzene rings is 1. The van der Waals surface area contributed by atoms with Crippen LogP contribution in [0.2, 0.25) is 5.02 Å². The molecule has 6 heteroatoms. The lowest BCUT2D eigenvalue weighted by Crippen LogP contribution is -2.15. The second kappa shape index (κ2) is 5.33. The van der Waals surface area contributed by atoms with E-state index in [2.05, 4.69) is 10.3 Å². The van der Waals surface area contributed by atoms with E-state index in [-0.39, 0.29) is 10.9 Å². The summed E-state index contributed by atoms with van der Waals surface area (Å²) in [7, 11) is 0. The lowest BCUT2D eigenvalue weighted by Gasteiger charge is -2.13. The van der Waals surface area contributed by atoms with Gasteiger partial charge in [0.25, 0.3) is 0 Å². The van der Waals surface area contributed by atoms with Crippen LogP contribution in [0.5, 0.6) is 5.88 Å². The van der Waals surface area contributed by atoms with E-state index in [9.17, 15) is 9.18 Å². The van der Waals surface area contributed by atoms with Gasteiger partial charge in [0, 0.05) is 17.4 Å². The summed E-state index contributed by atoms with van der Waals surface area (Å²) in [5, 5.41) is 2.65. The fourth-order valence-corrected chi connectivity index (χ4v) is 2.62. The number of hydrogen-bond acceptors (Lipinski definition) is 3. The van der Waals surface area contributed by atoms with Gasteiger partial charge in [-0.3, -0.25) is 4.79 Å². The van der Waals surface area contributed by atoms with Gasteiger partial charge in [-0.1, -0.05) is 17.7 Å². The summed E-state index contributed by atoms with van der Waals surface area (Å²) < 4.78 is 19.0. The van der Waals surface area contributed by atoms with Crippen LogP contribution in [0.25, 0.3) is 0 Å². The molecule has 0 spiro atoms. The van der Waals surface area contributed by atoms with Gasteiger partial charge in [-0.05, 0) is 30.7 Å². The van der Waals surface area contributed by atoms with E-state index in [1.54, 1.807) is 18.3 Å². The molecule has 1 N–H and O–H groups in total. The van der Waals surface area contributed by atoms with E-state index in [1.165, 1.54) is 12.1 Å². The largest absolute Gasteiger partial charge is 0.478 e. The molecular formula is C15H12ClFN2O2. The maximum Gasteiger partial charge on any atom is 0.236 e. The average Bonchev–Trinajstić information content (AvgIpc) is 2.76. The zero-order chi connectivity index (χ0) is 15.0. The number of nitrogens with zero attached hydrogens (tertiary/aromatic N) is 1. The van der Waals surface area contributed by atoms with Crippen molar-refractivity contribution in [3.8, 4) is 5.88 Å². The van der Waals surface area contributed by atoms with E-state index in [4.69, 9.17) is 16.3 Å². The van der Waals surface area contributed by atoms with Crippen molar-refractivity contribution in [2.24, 2.45) is 0 Å². The summed E-state index contributed by atoms with van der Waals surface area (Å²) in [4.78, 5) is 16.4.